The number of primary amides is 1. The van der Waals surface area contributed by atoms with Crippen LogP contribution in [0.3, 0.4) is 0 Å². The first-order valence-electron chi connectivity index (χ1n) is 11.5. The molecule has 0 aliphatic rings. The summed E-state index contributed by atoms with van der Waals surface area (Å²) in [6.45, 7) is 1.52. The average Bonchev–Trinajstić information content (AvgIpc) is 2.88. The second kappa shape index (κ2) is 12.3. The van der Waals surface area contributed by atoms with E-state index in [9.17, 15) is 27.6 Å². The van der Waals surface area contributed by atoms with Crippen molar-refractivity contribution >= 4 is 45.1 Å². The predicted molar refractivity (Wildman–Crippen MR) is 136 cm³/mol. The van der Waals surface area contributed by atoms with Crippen LogP contribution in [0.4, 0.5) is 4.79 Å². The maximum atomic E-state index is 13.1. The highest BCUT2D eigenvalue weighted by molar-refractivity contribution is 7.89. The van der Waals surface area contributed by atoms with Gasteiger partial charge in [0.1, 0.15) is 16.9 Å². The third-order valence-corrected chi connectivity index (χ3v) is 7.07. The molecule has 0 fully saturated rings. The number of hydrogen-bond acceptors (Lipinski definition) is 8. The van der Waals surface area contributed by atoms with Crippen molar-refractivity contribution in [1.82, 2.24) is 14.6 Å². The van der Waals surface area contributed by atoms with E-state index in [2.05, 4.69) is 4.98 Å². The Morgan fingerprint density at radius 1 is 1.18 bits per heavy atom. The Hall–Kier alpha value is -4.36. The lowest BCUT2D eigenvalue weighted by Gasteiger charge is -2.19. The molecule has 3 amide bonds. The highest BCUT2D eigenvalue weighted by Crippen LogP contribution is 2.27. The lowest BCUT2D eigenvalue weighted by atomic mass is 10.1. The number of aliphatic carboxylic acids is 1. The number of nitrogens with zero attached hydrogens (tertiary/aromatic N) is 2. The molecule has 1 aromatic heterocycles. The zero-order valence-corrected chi connectivity index (χ0v) is 21.2. The number of rotatable bonds is 12. The van der Waals surface area contributed by atoms with Gasteiger partial charge >= 0.3 is 12.0 Å². The van der Waals surface area contributed by atoms with Crippen molar-refractivity contribution in [3.63, 3.8) is 0 Å². The maximum Gasteiger partial charge on any atom is 0.321 e. The molecule has 12 nitrogen and oxygen atoms in total. The Labute approximate surface area is 218 Å². The van der Waals surface area contributed by atoms with E-state index in [1.54, 1.807) is 19.2 Å². The summed E-state index contributed by atoms with van der Waals surface area (Å²) in [5, 5.41) is 9.84. The van der Waals surface area contributed by atoms with Crippen molar-refractivity contribution < 1.29 is 37.4 Å². The Balaban J connectivity index is 1.95. The molecule has 0 aliphatic carbocycles. The van der Waals surface area contributed by atoms with Gasteiger partial charge in [0.05, 0.1) is 24.6 Å². The summed E-state index contributed by atoms with van der Waals surface area (Å²) in [4.78, 5) is 51.3. The van der Waals surface area contributed by atoms with Crippen LogP contribution in [0.15, 0.2) is 59.6 Å². The fraction of sp³-hybridized carbons (Fsp3) is 0.240. The van der Waals surface area contributed by atoms with Crippen LogP contribution in [0, 0.1) is 0 Å². The maximum absolute atomic E-state index is 13.1. The van der Waals surface area contributed by atoms with Crippen LogP contribution in [0.2, 0.25) is 0 Å². The van der Waals surface area contributed by atoms with E-state index in [0.29, 0.717) is 6.42 Å². The summed E-state index contributed by atoms with van der Waals surface area (Å²) in [6, 6.07) is 10.1. The lowest BCUT2D eigenvalue weighted by Crippen LogP contribution is -2.40. The number of nitrogens with one attached hydrogen (secondary N) is 1. The summed E-state index contributed by atoms with van der Waals surface area (Å²) in [5.41, 5.74) is 6.86. The van der Waals surface area contributed by atoms with Crippen LogP contribution in [0.5, 0.6) is 5.75 Å². The Morgan fingerprint density at radius 2 is 1.95 bits per heavy atom. The molecule has 200 valence electrons. The standard InChI is InChI=1S/C25H26N4O8S/c1-2-29(25(26)34)24(33)17-8-9-22(38(35,36)28-18(15-30)14-23(31)32)21(13-17)37-12-10-16-5-3-7-20-19(16)6-4-11-27-20/h3-9,11,13,15,18,28H,2,10,12,14H2,1H3,(H2,26,34)(H,31,32)/t18-/m0/s1. The first-order chi connectivity index (χ1) is 18.1. The fourth-order valence-electron chi connectivity index (χ4n) is 3.76. The molecule has 0 radical (unpaired) electrons. The normalized spacial score (nSPS) is 12.0. The fourth-order valence-corrected chi connectivity index (χ4v) is 5.05. The lowest BCUT2D eigenvalue weighted by molar-refractivity contribution is -0.138. The monoisotopic (exact) mass is 542 g/mol. The van der Waals surface area contributed by atoms with E-state index in [1.165, 1.54) is 6.07 Å². The third kappa shape index (κ3) is 6.69. The van der Waals surface area contributed by atoms with E-state index >= 15 is 0 Å². The van der Waals surface area contributed by atoms with E-state index in [4.69, 9.17) is 15.6 Å². The number of amides is 3. The molecule has 13 heteroatoms. The molecule has 3 aromatic rings. The van der Waals surface area contributed by atoms with Crippen LogP contribution in [-0.4, -0.2) is 66.8 Å². The molecule has 1 heterocycles. The van der Waals surface area contributed by atoms with Gasteiger partial charge in [-0.3, -0.25) is 19.5 Å². The average molecular weight is 543 g/mol. The number of benzene rings is 2. The van der Waals surface area contributed by atoms with E-state index in [1.807, 2.05) is 29.0 Å². The van der Waals surface area contributed by atoms with Crippen molar-refractivity contribution in [2.45, 2.75) is 30.7 Å². The molecule has 0 bridgehead atoms. The summed E-state index contributed by atoms with van der Waals surface area (Å²) < 4.78 is 34.0. The number of nitrogens with two attached hydrogens (primary N) is 1. The minimum Gasteiger partial charge on any atom is -0.492 e. The summed E-state index contributed by atoms with van der Waals surface area (Å²) >= 11 is 0. The molecule has 1 atom stereocenters. The SMILES string of the molecule is CCN(C(N)=O)C(=O)c1ccc(S(=O)(=O)N[C@H](C=O)CC(=O)O)c(OCCc2cccc3ncccc23)c1. The topological polar surface area (TPSA) is 186 Å². The van der Waals surface area contributed by atoms with Gasteiger partial charge in [-0.15, -0.1) is 0 Å². The molecule has 4 N–H and O–H groups in total. The van der Waals surface area contributed by atoms with Gasteiger partial charge in [0.25, 0.3) is 5.91 Å². The first-order valence-corrected chi connectivity index (χ1v) is 13.0. The number of aldehydes is 1. The Kier molecular flexibility index (Phi) is 9.10. The number of carbonyl (C=O) groups excluding carboxylic acids is 3. The number of carboxylic acids is 1. The number of urea groups is 1. The number of carboxylic acid groups (broad SMARTS) is 1. The predicted octanol–water partition coefficient (Wildman–Crippen LogP) is 1.72. The number of aromatic nitrogens is 1. The largest absolute Gasteiger partial charge is 0.492 e. The van der Waals surface area contributed by atoms with Crippen LogP contribution >= 0.6 is 0 Å². The first kappa shape index (κ1) is 28.2. The summed E-state index contributed by atoms with van der Waals surface area (Å²) in [5.74, 6) is -2.38. The zero-order chi connectivity index (χ0) is 27.9. The van der Waals surface area contributed by atoms with Crippen molar-refractivity contribution in [1.29, 1.82) is 0 Å². The van der Waals surface area contributed by atoms with Crippen molar-refractivity contribution in [2.24, 2.45) is 5.73 Å². The second-order valence-electron chi connectivity index (χ2n) is 8.10. The smallest absolute Gasteiger partial charge is 0.321 e. The van der Waals surface area contributed by atoms with Gasteiger partial charge in [0.15, 0.2) is 0 Å². The molecule has 0 saturated carbocycles. The van der Waals surface area contributed by atoms with Gasteiger partial charge in [-0.2, -0.15) is 0 Å². The highest BCUT2D eigenvalue weighted by atomic mass is 32.2. The van der Waals surface area contributed by atoms with Crippen LogP contribution in [-0.2, 0) is 26.0 Å². The van der Waals surface area contributed by atoms with Gasteiger partial charge < -0.3 is 20.4 Å². The van der Waals surface area contributed by atoms with Crippen LogP contribution in [0.1, 0.15) is 29.3 Å². The summed E-state index contributed by atoms with van der Waals surface area (Å²) in [7, 11) is -4.46. The number of imide groups is 1. The number of ether oxygens (including phenoxy) is 1. The molecule has 0 saturated heterocycles. The van der Waals surface area contributed by atoms with E-state index in [-0.39, 0.29) is 30.8 Å². The molecule has 0 aliphatic heterocycles. The van der Waals surface area contributed by atoms with Gasteiger partial charge in [0, 0.05) is 30.1 Å². The van der Waals surface area contributed by atoms with E-state index < -0.39 is 45.3 Å². The molecule has 0 spiro atoms. The zero-order valence-electron chi connectivity index (χ0n) is 20.4. The van der Waals surface area contributed by atoms with Crippen LogP contribution < -0.4 is 15.2 Å². The summed E-state index contributed by atoms with van der Waals surface area (Å²) in [6.07, 6.45) is 1.42. The van der Waals surface area contributed by atoms with E-state index in [0.717, 1.165) is 33.5 Å². The molecule has 0 unspecified atom stereocenters. The molecule has 38 heavy (non-hydrogen) atoms. The minimum absolute atomic E-state index is 0.00623. The van der Waals surface area contributed by atoms with Crippen molar-refractivity contribution in [2.75, 3.05) is 13.2 Å². The minimum atomic E-state index is -4.46. The third-order valence-electron chi connectivity index (χ3n) is 5.54. The quantitative estimate of drug-likeness (QED) is 0.286. The number of hydrogen-bond donors (Lipinski definition) is 3. The van der Waals surface area contributed by atoms with Crippen molar-refractivity contribution in [3.8, 4) is 5.75 Å². The highest BCUT2D eigenvalue weighted by Gasteiger charge is 2.27. The molecule has 3 rings (SSSR count). The van der Waals surface area contributed by atoms with Gasteiger partial charge in [-0.05, 0) is 42.8 Å². The van der Waals surface area contributed by atoms with Gasteiger partial charge in [0.2, 0.25) is 10.0 Å². The Morgan fingerprint density at radius 3 is 2.61 bits per heavy atom. The second-order valence-corrected chi connectivity index (χ2v) is 9.78. The molecular formula is C25H26N4O8S. The number of sulfonamides is 1. The molecule has 2 aromatic carbocycles. The van der Waals surface area contributed by atoms with Gasteiger partial charge in [-0.1, -0.05) is 18.2 Å². The Bertz CT molecular complexity index is 1470. The number of fused-ring (bicyclic) bond motifs is 1. The van der Waals surface area contributed by atoms with Gasteiger partial charge in [-0.25, -0.2) is 17.9 Å². The number of carbonyl (C=O) groups is 4. The molecular weight excluding hydrogens is 516 g/mol. The number of pyridine rings is 1. The van der Waals surface area contributed by atoms with Crippen molar-refractivity contribution in [3.05, 3.63) is 65.9 Å². The van der Waals surface area contributed by atoms with Crippen LogP contribution in [0.25, 0.3) is 10.9 Å².